The van der Waals surface area contributed by atoms with Gasteiger partial charge in [-0.25, -0.2) is 9.37 Å². The van der Waals surface area contributed by atoms with Crippen molar-refractivity contribution < 1.29 is 4.39 Å². The highest BCUT2D eigenvalue weighted by molar-refractivity contribution is 7.18. The normalized spacial score (nSPS) is 10.9. The van der Waals surface area contributed by atoms with E-state index in [0.29, 0.717) is 16.4 Å². The number of nitrogens with two attached hydrogens (primary N) is 1. The zero-order chi connectivity index (χ0) is 14.3. The van der Waals surface area contributed by atoms with Crippen LogP contribution in [0.4, 0.5) is 21.5 Å². The Morgan fingerprint density at radius 3 is 2.85 bits per heavy atom. The predicted molar refractivity (Wildman–Crippen MR) is 83.5 cm³/mol. The first kappa shape index (κ1) is 13.1. The number of benzene rings is 2. The van der Waals surface area contributed by atoms with E-state index in [4.69, 9.17) is 17.3 Å². The van der Waals surface area contributed by atoms with Gasteiger partial charge in [0, 0.05) is 5.02 Å². The number of nitrogens with one attached hydrogen (secondary N) is 1. The number of aromatic nitrogens is 1. The summed E-state index contributed by atoms with van der Waals surface area (Å²) in [4.78, 5) is 4.40. The molecule has 0 saturated heterocycles. The molecule has 102 valence electrons. The number of halogens is 2. The van der Waals surface area contributed by atoms with Gasteiger partial charge in [-0.15, -0.1) is 11.3 Å². The molecule has 0 saturated carbocycles. The fraction of sp³-hybridized carbons (Fsp3) is 0.0714. The maximum absolute atomic E-state index is 13.7. The van der Waals surface area contributed by atoms with E-state index in [9.17, 15) is 4.39 Å². The molecule has 0 atom stereocenters. The summed E-state index contributed by atoms with van der Waals surface area (Å²) >= 11 is 7.45. The highest BCUT2D eigenvalue weighted by Gasteiger charge is 2.09. The van der Waals surface area contributed by atoms with Crippen LogP contribution in [0, 0.1) is 12.7 Å². The maximum Gasteiger partial charge on any atom is 0.146 e. The number of hydrogen-bond donors (Lipinski definition) is 2. The number of nitrogen functional groups attached to an aromatic ring is 1. The van der Waals surface area contributed by atoms with E-state index >= 15 is 0 Å². The van der Waals surface area contributed by atoms with Crippen LogP contribution < -0.4 is 11.1 Å². The lowest BCUT2D eigenvalue weighted by Gasteiger charge is -2.10. The van der Waals surface area contributed by atoms with Gasteiger partial charge in [0.2, 0.25) is 0 Å². The summed E-state index contributed by atoms with van der Waals surface area (Å²) in [6, 6.07) is 7.98. The van der Waals surface area contributed by atoms with Gasteiger partial charge in [-0.05, 0) is 37.3 Å². The van der Waals surface area contributed by atoms with Crippen LogP contribution in [-0.2, 0) is 0 Å². The molecule has 0 aliphatic heterocycles. The van der Waals surface area contributed by atoms with Crippen molar-refractivity contribution in [3.8, 4) is 0 Å². The molecule has 6 heteroatoms. The van der Waals surface area contributed by atoms with Crippen molar-refractivity contribution in [3.63, 3.8) is 0 Å². The summed E-state index contributed by atoms with van der Waals surface area (Å²) < 4.78 is 14.7. The SMILES string of the molecule is Cc1nc2cc(Nc3cc(Cl)ccc3F)c(N)cc2s1. The van der Waals surface area contributed by atoms with Crippen molar-refractivity contribution in [2.75, 3.05) is 11.1 Å². The van der Waals surface area contributed by atoms with E-state index in [-0.39, 0.29) is 11.5 Å². The van der Waals surface area contributed by atoms with Gasteiger partial charge in [-0.1, -0.05) is 11.6 Å². The van der Waals surface area contributed by atoms with Gasteiger partial charge >= 0.3 is 0 Å². The van der Waals surface area contributed by atoms with Gasteiger partial charge in [-0.3, -0.25) is 0 Å². The Morgan fingerprint density at radius 2 is 2.05 bits per heavy atom. The van der Waals surface area contributed by atoms with Crippen LogP contribution in [0.15, 0.2) is 30.3 Å². The summed E-state index contributed by atoms with van der Waals surface area (Å²) in [5, 5.41) is 4.38. The minimum absolute atomic E-state index is 0.288. The van der Waals surface area contributed by atoms with Crippen LogP contribution in [0.25, 0.3) is 10.2 Å². The summed E-state index contributed by atoms with van der Waals surface area (Å²) in [5.41, 5.74) is 8.28. The molecule has 0 unspecified atom stereocenters. The van der Waals surface area contributed by atoms with Crippen LogP contribution in [0.2, 0.25) is 5.02 Å². The Kier molecular flexibility index (Phi) is 3.23. The Bertz CT molecular complexity index is 800. The molecule has 0 spiro atoms. The Balaban J connectivity index is 2.05. The zero-order valence-electron chi connectivity index (χ0n) is 10.6. The number of nitrogens with zero attached hydrogens (tertiary/aromatic N) is 1. The highest BCUT2D eigenvalue weighted by atomic mass is 35.5. The van der Waals surface area contributed by atoms with Crippen LogP contribution in [0.1, 0.15) is 5.01 Å². The lowest BCUT2D eigenvalue weighted by atomic mass is 10.2. The summed E-state index contributed by atoms with van der Waals surface area (Å²) in [5.74, 6) is -0.386. The molecule has 0 amide bonds. The molecule has 0 aliphatic carbocycles. The average Bonchev–Trinajstić information content (AvgIpc) is 2.73. The Labute approximate surface area is 124 Å². The molecule has 1 heterocycles. The third kappa shape index (κ3) is 2.42. The first-order valence-electron chi connectivity index (χ1n) is 5.91. The fourth-order valence-electron chi connectivity index (χ4n) is 1.95. The highest BCUT2D eigenvalue weighted by Crippen LogP contribution is 2.32. The van der Waals surface area contributed by atoms with Crippen LogP contribution in [0.5, 0.6) is 0 Å². The molecule has 3 nitrogen and oxygen atoms in total. The molecule has 20 heavy (non-hydrogen) atoms. The summed E-state index contributed by atoms with van der Waals surface area (Å²) in [7, 11) is 0. The monoisotopic (exact) mass is 307 g/mol. The molecule has 0 aliphatic rings. The van der Waals surface area contributed by atoms with E-state index < -0.39 is 0 Å². The van der Waals surface area contributed by atoms with Gasteiger partial charge in [0.1, 0.15) is 5.82 Å². The number of hydrogen-bond acceptors (Lipinski definition) is 4. The van der Waals surface area contributed by atoms with E-state index in [2.05, 4.69) is 10.3 Å². The lowest BCUT2D eigenvalue weighted by molar-refractivity contribution is 0.632. The maximum atomic E-state index is 13.7. The molecule has 0 bridgehead atoms. The molecule has 3 aromatic rings. The Morgan fingerprint density at radius 1 is 1.25 bits per heavy atom. The fourth-order valence-corrected chi connectivity index (χ4v) is 2.98. The molecule has 1 aromatic heterocycles. The molecular formula is C14H11ClFN3S. The third-order valence-electron chi connectivity index (χ3n) is 2.86. The standard InChI is InChI=1S/C14H11ClFN3S/c1-7-18-13-6-12(10(17)5-14(13)20-7)19-11-4-8(15)2-3-9(11)16/h2-6,19H,17H2,1H3. The number of rotatable bonds is 2. The van der Waals surface area contributed by atoms with Crippen LogP contribution in [-0.4, -0.2) is 4.98 Å². The van der Waals surface area contributed by atoms with Gasteiger partial charge in [0.05, 0.1) is 32.3 Å². The zero-order valence-corrected chi connectivity index (χ0v) is 12.1. The molecule has 0 radical (unpaired) electrons. The van der Waals surface area contributed by atoms with E-state index in [1.807, 2.05) is 19.1 Å². The third-order valence-corrected chi connectivity index (χ3v) is 4.03. The van der Waals surface area contributed by atoms with Crippen molar-refractivity contribution in [1.82, 2.24) is 4.98 Å². The number of anilines is 3. The van der Waals surface area contributed by atoms with Gasteiger partial charge in [0.15, 0.2) is 0 Å². The quantitative estimate of drug-likeness (QED) is 0.673. The predicted octanol–water partition coefficient (Wildman–Crippen LogP) is 4.72. The van der Waals surface area contributed by atoms with Gasteiger partial charge in [-0.2, -0.15) is 0 Å². The van der Waals surface area contributed by atoms with Crippen molar-refractivity contribution in [1.29, 1.82) is 0 Å². The second kappa shape index (κ2) is 4.92. The van der Waals surface area contributed by atoms with Crippen molar-refractivity contribution in [2.24, 2.45) is 0 Å². The first-order valence-corrected chi connectivity index (χ1v) is 7.11. The average molecular weight is 308 g/mol. The van der Waals surface area contributed by atoms with Gasteiger partial charge in [0.25, 0.3) is 0 Å². The van der Waals surface area contributed by atoms with Crippen molar-refractivity contribution in [3.05, 3.63) is 46.2 Å². The smallest absolute Gasteiger partial charge is 0.146 e. The molecular weight excluding hydrogens is 297 g/mol. The lowest BCUT2D eigenvalue weighted by Crippen LogP contribution is -1.98. The van der Waals surface area contributed by atoms with E-state index in [1.165, 1.54) is 18.2 Å². The van der Waals surface area contributed by atoms with Crippen molar-refractivity contribution >= 4 is 50.2 Å². The molecule has 2 aromatic carbocycles. The minimum Gasteiger partial charge on any atom is -0.397 e. The topological polar surface area (TPSA) is 50.9 Å². The molecule has 3 N–H and O–H groups in total. The van der Waals surface area contributed by atoms with Crippen LogP contribution >= 0.6 is 22.9 Å². The number of aryl methyl sites for hydroxylation is 1. The first-order chi connectivity index (χ1) is 9.52. The van der Waals surface area contributed by atoms with E-state index in [0.717, 1.165) is 15.2 Å². The largest absolute Gasteiger partial charge is 0.397 e. The van der Waals surface area contributed by atoms with Crippen LogP contribution in [0.3, 0.4) is 0 Å². The van der Waals surface area contributed by atoms with Gasteiger partial charge < -0.3 is 11.1 Å². The van der Waals surface area contributed by atoms with E-state index in [1.54, 1.807) is 11.3 Å². The number of thiazole rings is 1. The summed E-state index contributed by atoms with van der Waals surface area (Å²) in [6.07, 6.45) is 0. The van der Waals surface area contributed by atoms with Crippen molar-refractivity contribution in [2.45, 2.75) is 6.92 Å². The Hall–Kier alpha value is -1.85. The second-order valence-electron chi connectivity index (χ2n) is 4.39. The molecule has 0 fully saturated rings. The number of fused-ring (bicyclic) bond motifs is 1. The minimum atomic E-state index is -0.386. The molecule has 3 rings (SSSR count). The summed E-state index contributed by atoms with van der Waals surface area (Å²) in [6.45, 7) is 1.94. The second-order valence-corrected chi connectivity index (χ2v) is 6.06.